The summed E-state index contributed by atoms with van der Waals surface area (Å²) < 4.78 is 18.9. The number of halogens is 2. The highest BCUT2D eigenvalue weighted by molar-refractivity contribution is 9.10. The number of fused-ring (bicyclic) bond motifs is 1. The minimum atomic E-state index is -0.289. The molecule has 1 N–H and O–H groups in total. The lowest BCUT2D eigenvalue weighted by atomic mass is 10.0. The number of nitrogens with one attached hydrogen (secondary N) is 1. The molecular formula is C15H8BrFN4O. The van der Waals surface area contributed by atoms with Crippen molar-refractivity contribution in [2.75, 3.05) is 0 Å². The second kappa shape index (κ2) is 5.03. The summed E-state index contributed by atoms with van der Waals surface area (Å²) in [5.41, 5.74) is 3.46. The summed E-state index contributed by atoms with van der Waals surface area (Å²) in [7, 11) is 0. The Morgan fingerprint density at radius 2 is 1.86 bits per heavy atom. The SMILES string of the molecule is Fc1ccc(-c2n[nH]cc2-c2nc(Br)nc3occc23)cc1. The molecular weight excluding hydrogens is 351 g/mol. The second-order valence-electron chi connectivity index (χ2n) is 4.64. The molecule has 0 saturated carbocycles. The highest BCUT2D eigenvalue weighted by Crippen LogP contribution is 2.34. The molecule has 0 unspecified atom stereocenters. The Labute approximate surface area is 132 Å². The molecule has 0 saturated heterocycles. The monoisotopic (exact) mass is 358 g/mol. The van der Waals surface area contributed by atoms with Gasteiger partial charge in [-0.2, -0.15) is 10.1 Å². The molecule has 3 aromatic heterocycles. The van der Waals surface area contributed by atoms with Crippen LogP contribution in [0.15, 0.2) is 51.9 Å². The van der Waals surface area contributed by atoms with E-state index < -0.39 is 0 Å². The Morgan fingerprint density at radius 1 is 1.05 bits per heavy atom. The molecule has 0 amide bonds. The standard InChI is InChI=1S/C15H8BrFN4O/c16-15-19-13(10-5-6-22-14(10)20-15)11-7-18-21-12(11)8-1-3-9(17)4-2-8/h1-7H,(H,18,21). The van der Waals surface area contributed by atoms with E-state index >= 15 is 0 Å². The summed E-state index contributed by atoms with van der Waals surface area (Å²) >= 11 is 3.28. The molecule has 0 spiro atoms. The van der Waals surface area contributed by atoms with Gasteiger partial charge in [-0.1, -0.05) is 0 Å². The molecule has 0 radical (unpaired) electrons. The lowest BCUT2D eigenvalue weighted by molar-refractivity contribution is 0.601. The maximum atomic E-state index is 13.1. The highest BCUT2D eigenvalue weighted by atomic mass is 79.9. The van der Waals surface area contributed by atoms with Crippen LogP contribution in [0.1, 0.15) is 0 Å². The summed E-state index contributed by atoms with van der Waals surface area (Å²) in [6, 6.07) is 7.96. The molecule has 1 aromatic carbocycles. The van der Waals surface area contributed by atoms with Crippen LogP contribution in [0.4, 0.5) is 4.39 Å². The van der Waals surface area contributed by atoms with E-state index in [1.165, 1.54) is 12.1 Å². The van der Waals surface area contributed by atoms with Crippen LogP contribution in [0, 0.1) is 5.82 Å². The van der Waals surface area contributed by atoms with Crippen LogP contribution in [0.2, 0.25) is 0 Å². The quantitative estimate of drug-likeness (QED) is 0.545. The van der Waals surface area contributed by atoms with Gasteiger partial charge in [0.05, 0.1) is 17.3 Å². The molecule has 0 aliphatic carbocycles. The molecule has 3 heterocycles. The van der Waals surface area contributed by atoms with E-state index in [2.05, 4.69) is 36.1 Å². The number of H-pyrrole nitrogens is 1. The van der Waals surface area contributed by atoms with Gasteiger partial charge in [-0.15, -0.1) is 0 Å². The molecule has 108 valence electrons. The minimum absolute atomic E-state index is 0.289. The summed E-state index contributed by atoms with van der Waals surface area (Å²) in [4.78, 5) is 8.61. The first-order valence-corrected chi connectivity index (χ1v) is 7.22. The van der Waals surface area contributed by atoms with Crippen LogP contribution in [0.5, 0.6) is 0 Å². The Balaban J connectivity index is 1.95. The average Bonchev–Trinajstić information content (AvgIpc) is 3.15. The van der Waals surface area contributed by atoms with Crippen molar-refractivity contribution in [1.29, 1.82) is 0 Å². The van der Waals surface area contributed by atoms with E-state index in [-0.39, 0.29) is 5.82 Å². The van der Waals surface area contributed by atoms with E-state index in [1.807, 2.05) is 0 Å². The number of aromatic amines is 1. The zero-order valence-corrected chi connectivity index (χ0v) is 12.6. The van der Waals surface area contributed by atoms with E-state index in [0.29, 0.717) is 21.8 Å². The summed E-state index contributed by atoms with van der Waals surface area (Å²) in [6.07, 6.45) is 3.31. The largest absolute Gasteiger partial charge is 0.446 e. The van der Waals surface area contributed by atoms with Crippen LogP contribution in [0.3, 0.4) is 0 Å². The fourth-order valence-corrected chi connectivity index (χ4v) is 2.67. The van der Waals surface area contributed by atoms with Gasteiger partial charge in [0, 0.05) is 17.3 Å². The van der Waals surface area contributed by atoms with Gasteiger partial charge in [0.15, 0.2) is 0 Å². The van der Waals surface area contributed by atoms with Gasteiger partial charge in [-0.05, 0) is 46.3 Å². The van der Waals surface area contributed by atoms with Crippen LogP contribution >= 0.6 is 15.9 Å². The molecule has 0 bridgehead atoms. The normalized spacial score (nSPS) is 11.2. The number of hydrogen-bond donors (Lipinski definition) is 1. The lowest BCUT2D eigenvalue weighted by Gasteiger charge is -2.04. The number of benzene rings is 1. The van der Waals surface area contributed by atoms with E-state index in [9.17, 15) is 4.39 Å². The van der Waals surface area contributed by atoms with Gasteiger partial charge in [0.2, 0.25) is 10.4 Å². The third kappa shape index (κ3) is 2.10. The molecule has 7 heteroatoms. The van der Waals surface area contributed by atoms with Crippen LogP contribution in [0.25, 0.3) is 33.6 Å². The van der Waals surface area contributed by atoms with E-state index in [0.717, 1.165) is 16.5 Å². The maximum Gasteiger partial charge on any atom is 0.230 e. The van der Waals surface area contributed by atoms with Crippen LogP contribution < -0.4 is 0 Å². The number of nitrogens with zero attached hydrogens (tertiary/aromatic N) is 3. The van der Waals surface area contributed by atoms with Gasteiger partial charge in [0.1, 0.15) is 11.5 Å². The zero-order valence-electron chi connectivity index (χ0n) is 11.0. The molecule has 4 rings (SSSR count). The van der Waals surface area contributed by atoms with Gasteiger partial charge in [0.25, 0.3) is 0 Å². The van der Waals surface area contributed by atoms with Gasteiger partial charge >= 0.3 is 0 Å². The first-order chi connectivity index (χ1) is 10.7. The summed E-state index contributed by atoms with van der Waals surface area (Å²) in [5, 5.41) is 7.88. The average molecular weight is 359 g/mol. The van der Waals surface area contributed by atoms with Crippen LogP contribution in [-0.4, -0.2) is 20.2 Å². The van der Waals surface area contributed by atoms with Crippen molar-refractivity contribution in [1.82, 2.24) is 20.2 Å². The fraction of sp³-hybridized carbons (Fsp3) is 0. The predicted molar refractivity (Wildman–Crippen MR) is 82.5 cm³/mol. The molecule has 4 aromatic rings. The van der Waals surface area contributed by atoms with E-state index in [1.54, 1.807) is 30.7 Å². The van der Waals surface area contributed by atoms with Crippen molar-refractivity contribution in [3.8, 4) is 22.5 Å². The topological polar surface area (TPSA) is 67.6 Å². The number of aromatic nitrogens is 4. The van der Waals surface area contributed by atoms with Crippen molar-refractivity contribution >= 4 is 27.0 Å². The summed E-state index contributed by atoms with van der Waals surface area (Å²) in [6.45, 7) is 0. The van der Waals surface area contributed by atoms with Crippen molar-refractivity contribution in [3.63, 3.8) is 0 Å². The molecule has 22 heavy (non-hydrogen) atoms. The van der Waals surface area contributed by atoms with Crippen molar-refractivity contribution in [3.05, 3.63) is 53.3 Å². The van der Waals surface area contributed by atoms with E-state index in [4.69, 9.17) is 4.42 Å². The summed E-state index contributed by atoms with van der Waals surface area (Å²) in [5.74, 6) is -0.289. The Morgan fingerprint density at radius 3 is 2.68 bits per heavy atom. The molecule has 5 nitrogen and oxygen atoms in total. The number of furan rings is 1. The first kappa shape index (κ1) is 13.1. The third-order valence-electron chi connectivity index (χ3n) is 3.31. The van der Waals surface area contributed by atoms with Crippen molar-refractivity contribution in [2.45, 2.75) is 0 Å². The first-order valence-electron chi connectivity index (χ1n) is 6.43. The molecule has 0 fully saturated rings. The van der Waals surface area contributed by atoms with Crippen molar-refractivity contribution < 1.29 is 8.81 Å². The van der Waals surface area contributed by atoms with Gasteiger partial charge in [-0.25, -0.2) is 9.37 Å². The smallest absolute Gasteiger partial charge is 0.230 e. The minimum Gasteiger partial charge on any atom is -0.446 e. The van der Waals surface area contributed by atoms with Gasteiger partial charge in [-0.3, -0.25) is 5.10 Å². The number of hydrogen-bond acceptors (Lipinski definition) is 4. The highest BCUT2D eigenvalue weighted by Gasteiger charge is 2.17. The lowest BCUT2D eigenvalue weighted by Crippen LogP contribution is -1.90. The Hall–Kier alpha value is -2.54. The van der Waals surface area contributed by atoms with Crippen LogP contribution in [-0.2, 0) is 0 Å². The van der Waals surface area contributed by atoms with Gasteiger partial charge < -0.3 is 4.42 Å². The maximum absolute atomic E-state index is 13.1. The number of rotatable bonds is 2. The zero-order chi connectivity index (χ0) is 15.1. The predicted octanol–water partition coefficient (Wildman–Crippen LogP) is 4.18. The fourth-order valence-electron chi connectivity index (χ4n) is 2.33. The molecule has 0 aliphatic heterocycles. The third-order valence-corrected chi connectivity index (χ3v) is 3.67. The molecule has 0 atom stereocenters. The molecule has 0 aliphatic rings. The Kier molecular flexibility index (Phi) is 3.00. The second-order valence-corrected chi connectivity index (χ2v) is 5.34. The Bertz CT molecular complexity index is 961. The van der Waals surface area contributed by atoms with Crippen molar-refractivity contribution in [2.24, 2.45) is 0 Å².